The molecule has 0 amide bonds. The van der Waals surface area contributed by atoms with Crippen LogP contribution in [-0.2, 0) is 4.79 Å². The lowest BCUT2D eigenvalue weighted by atomic mass is 9.46. The van der Waals surface area contributed by atoms with Crippen molar-refractivity contribution in [1.82, 2.24) is 0 Å². The number of allylic oxidation sites excluding steroid dienone is 1. The van der Waals surface area contributed by atoms with E-state index in [9.17, 15) is 9.90 Å². The van der Waals surface area contributed by atoms with Crippen molar-refractivity contribution < 1.29 is 11.3 Å². The number of rotatable bonds is 5. The van der Waals surface area contributed by atoms with E-state index < -0.39 is 6.08 Å². The van der Waals surface area contributed by atoms with Crippen LogP contribution >= 0.6 is 0 Å². The van der Waals surface area contributed by atoms with Crippen molar-refractivity contribution in [3.63, 3.8) is 0 Å². The van der Waals surface area contributed by atoms with E-state index in [1.807, 2.05) is 6.08 Å². The summed E-state index contributed by atoms with van der Waals surface area (Å²) in [6, 6.07) is 0. The lowest BCUT2D eigenvalue weighted by Crippen LogP contribution is -2.53. The molecule has 0 bridgehead atoms. The lowest BCUT2D eigenvalue weighted by molar-refractivity contribution is -0.135. The smallest absolute Gasteiger partial charge is 0.159 e. The normalized spacial score (nSPS) is 48.4. The van der Waals surface area contributed by atoms with E-state index in [1.165, 1.54) is 38.5 Å². The summed E-state index contributed by atoms with van der Waals surface area (Å²) < 4.78 is 8.14. The molecule has 3 saturated carbocycles. The first-order valence-electron chi connectivity index (χ1n) is 13.0. The molecular formula is C27H44O2. The fraction of sp³-hybridized carbons (Fsp3) is 0.889. The molecule has 0 aromatic rings. The molecule has 4 aliphatic carbocycles. The number of ketones is 1. The quantitative estimate of drug-likeness (QED) is 0.566. The minimum atomic E-state index is -1.38. The van der Waals surface area contributed by atoms with Gasteiger partial charge >= 0.3 is 0 Å². The number of hydrogen-bond donors (Lipinski definition) is 1. The number of carbonyl (C=O) groups excluding carboxylic acids is 1. The maximum absolute atomic E-state index is 13.4. The van der Waals surface area contributed by atoms with E-state index in [-0.39, 0.29) is 11.3 Å². The highest BCUT2D eigenvalue weighted by atomic mass is 16.3. The monoisotopic (exact) mass is 401 g/mol. The summed E-state index contributed by atoms with van der Waals surface area (Å²) in [5.74, 6) is 3.71. The summed E-state index contributed by atoms with van der Waals surface area (Å²) in [5, 5.41) is 10.3. The summed E-state index contributed by atoms with van der Waals surface area (Å²) in [6.45, 7) is 12.0. The predicted molar refractivity (Wildman–Crippen MR) is 119 cm³/mol. The van der Waals surface area contributed by atoms with E-state index in [0.29, 0.717) is 35.9 Å². The first-order chi connectivity index (χ1) is 14.0. The summed E-state index contributed by atoms with van der Waals surface area (Å²) in [4.78, 5) is 13.4. The van der Waals surface area contributed by atoms with Gasteiger partial charge in [0, 0.05) is 5.92 Å². The van der Waals surface area contributed by atoms with Crippen molar-refractivity contribution in [3.05, 3.63) is 11.6 Å². The van der Waals surface area contributed by atoms with Gasteiger partial charge in [-0.2, -0.15) is 0 Å². The van der Waals surface area contributed by atoms with Crippen LogP contribution in [0.4, 0.5) is 0 Å². The lowest BCUT2D eigenvalue weighted by Gasteiger charge is -2.57. The van der Waals surface area contributed by atoms with Gasteiger partial charge in [-0.05, 0) is 91.4 Å². The van der Waals surface area contributed by atoms with Crippen molar-refractivity contribution in [2.24, 2.45) is 46.3 Å². The van der Waals surface area contributed by atoms with Crippen LogP contribution in [0, 0.1) is 46.3 Å². The fourth-order valence-electron chi connectivity index (χ4n) is 8.26. The molecule has 4 rings (SSSR count). The summed E-state index contributed by atoms with van der Waals surface area (Å²) in [6.07, 6.45) is 11.1. The Morgan fingerprint density at radius 3 is 2.59 bits per heavy atom. The SMILES string of the molecule is [2H][C@]1(O)CC[C@@]2(C)C(=CC(=O)[C@H]3[C@@H]4CC[C@H]([C@H](C)CCCC(C)C)[C@@]4(C)CC[C@@H]32)C1. The van der Waals surface area contributed by atoms with E-state index in [2.05, 4.69) is 34.6 Å². The van der Waals surface area contributed by atoms with Crippen LogP contribution in [-0.4, -0.2) is 17.0 Å². The molecule has 2 heteroatoms. The molecule has 0 aromatic heterocycles. The minimum absolute atomic E-state index is 0.00809. The number of hydrogen-bond acceptors (Lipinski definition) is 2. The maximum Gasteiger partial charge on any atom is 0.159 e. The van der Waals surface area contributed by atoms with Gasteiger partial charge in [0.2, 0.25) is 0 Å². The molecule has 3 fully saturated rings. The van der Waals surface area contributed by atoms with Crippen LogP contribution in [0.25, 0.3) is 0 Å². The van der Waals surface area contributed by atoms with Crippen LogP contribution in [0.15, 0.2) is 11.6 Å². The highest BCUT2D eigenvalue weighted by Gasteiger charge is 2.61. The zero-order valence-electron chi connectivity index (χ0n) is 20.5. The van der Waals surface area contributed by atoms with Crippen LogP contribution in [0.5, 0.6) is 0 Å². The molecule has 0 heterocycles. The Labute approximate surface area is 180 Å². The fourth-order valence-corrected chi connectivity index (χ4v) is 8.26. The summed E-state index contributed by atoms with van der Waals surface area (Å²) in [7, 11) is 0. The highest BCUT2D eigenvalue weighted by molar-refractivity contribution is 5.94. The van der Waals surface area contributed by atoms with Gasteiger partial charge in [0.05, 0.1) is 7.45 Å². The largest absolute Gasteiger partial charge is 0.393 e. The zero-order chi connectivity index (χ0) is 21.9. The highest BCUT2D eigenvalue weighted by Crippen LogP contribution is 2.66. The van der Waals surface area contributed by atoms with Gasteiger partial charge in [-0.15, -0.1) is 0 Å². The average Bonchev–Trinajstić information content (AvgIpc) is 3.00. The molecule has 4 aliphatic rings. The second kappa shape index (κ2) is 7.81. The first-order valence-corrected chi connectivity index (χ1v) is 12.5. The van der Waals surface area contributed by atoms with Crippen molar-refractivity contribution in [3.8, 4) is 0 Å². The number of carbonyl (C=O) groups is 1. The number of fused-ring (bicyclic) bond motifs is 5. The summed E-state index contributed by atoms with van der Waals surface area (Å²) >= 11 is 0. The minimum Gasteiger partial charge on any atom is -0.393 e. The molecule has 0 unspecified atom stereocenters. The third-order valence-corrected chi connectivity index (χ3v) is 10.00. The second-order valence-electron chi connectivity index (χ2n) is 12.0. The van der Waals surface area contributed by atoms with Crippen LogP contribution in [0.3, 0.4) is 0 Å². The maximum atomic E-state index is 13.4. The Morgan fingerprint density at radius 2 is 1.86 bits per heavy atom. The van der Waals surface area contributed by atoms with Crippen LogP contribution < -0.4 is 0 Å². The Kier molecular flexibility index (Phi) is 5.46. The third kappa shape index (κ3) is 3.56. The average molecular weight is 402 g/mol. The molecule has 29 heavy (non-hydrogen) atoms. The zero-order valence-corrected chi connectivity index (χ0v) is 19.5. The van der Waals surface area contributed by atoms with Crippen molar-refractivity contribution in [2.45, 2.75) is 105 Å². The van der Waals surface area contributed by atoms with Gasteiger partial charge in [0.15, 0.2) is 5.78 Å². The molecule has 2 nitrogen and oxygen atoms in total. The molecule has 0 aromatic carbocycles. The van der Waals surface area contributed by atoms with Gasteiger partial charge < -0.3 is 5.11 Å². The standard InChI is InChI=1S/C27H44O2/c1-17(2)7-6-8-18(3)21-9-10-22-25-23(12-14-27(21,22)5)26(4)13-11-20(28)15-19(26)16-24(25)29/h16-18,20-23,25,28H,6-15H2,1-5H3/t18-,20+,21-,22+,23+,25+,26+,27-/m1/s1/i20D. The van der Waals surface area contributed by atoms with E-state index >= 15 is 0 Å². The molecule has 0 spiro atoms. The topological polar surface area (TPSA) is 37.3 Å². The Bertz CT molecular complexity index is 710. The van der Waals surface area contributed by atoms with Gasteiger partial charge in [-0.1, -0.05) is 59.5 Å². The van der Waals surface area contributed by atoms with Crippen LogP contribution in [0.1, 0.15) is 100 Å². The third-order valence-electron chi connectivity index (χ3n) is 10.00. The first kappa shape index (κ1) is 20.3. The molecular weight excluding hydrogens is 356 g/mol. The Hall–Kier alpha value is -0.630. The van der Waals surface area contributed by atoms with Gasteiger partial charge in [-0.3, -0.25) is 4.79 Å². The molecule has 164 valence electrons. The van der Waals surface area contributed by atoms with E-state index in [1.54, 1.807) is 0 Å². The van der Waals surface area contributed by atoms with E-state index in [0.717, 1.165) is 36.2 Å². The van der Waals surface area contributed by atoms with Crippen molar-refractivity contribution in [1.29, 1.82) is 0 Å². The van der Waals surface area contributed by atoms with Gasteiger partial charge in [-0.25, -0.2) is 0 Å². The molecule has 0 saturated heterocycles. The molecule has 8 atom stereocenters. The Morgan fingerprint density at radius 1 is 1.10 bits per heavy atom. The van der Waals surface area contributed by atoms with E-state index in [4.69, 9.17) is 1.37 Å². The number of aliphatic hydroxyl groups is 1. The predicted octanol–water partition coefficient (Wildman–Crippen LogP) is 6.57. The second-order valence-corrected chi connectivity index (χ2v) is 12.0. The van der Waals surface area contributed by atoms with Gasteiger partial charge in [0.25, 0.3) is 0 Å². The van der Waals surface area contributed by atoms with Crippen LogP contribution in [0.2, 0.25) is 0 Å². The molecule has 0 radical (unpaired) electrons. The van der Waals surface area contributed by atoms with Gasteiger partial charge in [0.1, 0.15) is 0 Å². The summed E-state index contributed by atoms with van der Waals surface area (Å²) in [5.41, 5.74) is 1.38. The van der Waals surface area contributed by atoms with Crippen molar-refractivity contribution in [2.75, 3.05) is 0 Å². The Balaban J connectivity index is 1.55. The molecule has 0 aliphatic heterocycles. The molecule has 1 N–H and O–H groups in total. The van der Waals surface area contributed by atoms with Crippen molar-refractivity contribution >= 4 is 5.78 Å².